The molecule has 0 fully saturated rings. The summed E-state index contributed by atoms with van der Waals surface area (Å²) in [5.74, 6) is 0.688. The minimum Gasteiger partial charge on any atom is -0.488 e. The molecule has 4 aromatic carbocycles. The maximum Gasteiger partial charge on any atom is 0.129 e. The Hall–Kier alpha value is -3.45. The first kappa shape index (κ1) is 24.7. The van der Waals surface area contributed by atoms with Crippen LogP contribution in [0.3, 0.4) is 0 Å². The van der Waals surface area contributed by atoms with E-state index in [0.717, 1.165) is 46.2 Å². The van der Waals surface area contributed by atoms with Crippen molar-refractivity contribution < 1.29 is 4.74 Å². The van der Waals surface area contributed by atoms with Gasteiger partial charge in [-0.1, -0.05) is 71.7 Å². The molecule has 0 unspecified atom stereocenters. The van der Waals surface area contributed by atoms with Crippen LogP contribution in [0.25, 0.3) is 22.4 Å². The molecule has 0 saturated carbocycles. The molecular weight excluding hydrogens is 475 g/mol. The fourth-order valence-corrected chi connectivity index (χ4v) is 4.60. The molecule has 0 atom stereocenters. The first-order valence-corrected chi connectivity index (χ1v) is 12.3. The van der Waals surface area contributed by atoms with Crippen molar-refractivity contribution in [2.45, 2.75) is 20.5 Å². The van der Waals surface area contributed by atoms with Gasteiger partial charge in [-0.3, -0.25) is 0 Å². The van der Waals surface area contributed by atoms with E-state index in [9.17, 15) is 5.26 Å². The fourth-order valence-electron chi connectivity index (χ4n) is 4.13. The molecule has 0 aliphatic heterocycles. The standard InChI is InChI=1S/C30H26Cl2N2O/c1-3-34(4-2)26-15-13-22(30(18-26)35-20-23-12-14-25(31)17-29(23)32)16-24(19-33)28-11-7-9-21-8-5-6-10-27(21)28/h5-18H,3-4,20H2,1-2H3/b24-16-. The quantitative estimate of drug-likeness (QED) is 0.179. The van der Waals surface area contributed by atoms with Gasteiger partial charge in [0.05, 0.1) is 11.6 Å². The van der Waals surface area contributed by atoms with Gasteiger partial charge >= 0.3 is 0 Å². The summed E-state index contributed by atoms with van der Waals surface area (Å²) in [6, 6.07) is 28.0. The molecular formula is C30H26Cl2N2O. The lowest BCUT2D eigenvalue weighted by atomic mass is 9.97. The molecule has 0 aromatic heterocycles. The molecule has 0 heterocycles. The van der Waals surface area contributed by atoms with Crippen LogP contribution in [0.5, 0.6) is 5.75 Å². The average Bonchev–Trinajstić information content (AvgIpc) is 2.88. The van der Waals surface area contributed by atoms with E-state index in [1.54, 1.807) is 12.1 Å². The zero-order valence-electron chi connectivity index (χ0n) is 19.8. The van der Waals surface area contributed by atoms with Gasteiger partial charge in [-0.15, -0.1) is 0 Å². The van der Waals surface area contributed by atoms with Crippen LogP contribution >= 0.6 is 23.2 Å². The van der Waals surface area contributed by atoms with E-state index in [4.69, 9.17) is 27.9 Å². The number of rotatable bonds is 8. The second-order valence-corrected chi connectivity index (χ2v) is 8.96. The van der Waals surface area contributed by atoms with Crippen LogP contribution in [-0.4, -0.2) is 13.1 Å². The van der Waals surface area contributed by atoms with Gasteiger partial charge in [-0.25, -0.2) is 0 Å². The lowest BCUT2D eigenvalue weighted by Gasteiger charge is -2.22. The lowest BCUT2D eigenvalue weighted by Crippen LogP contribution is -2.21. The molecule has 0 spiro atoms. The molecule has 0 aliphatic rings. The molecule has 176 valence electrons. The highest BCUT2D eigenvalue weighted by Crippen LogP contribution is 2.33. The monoisotopic (exact) mass is 500 g/mol. The lowest BCUT2D eigenvalue weighted by molar-refractivity contribution is 0.305. The van der Waals surface area contributed by atoms with Gasteiger partial charge in [0.25, 0.3) is 0 Å². The molecule has 0 amide bonds. The summed E-state index contributed by atoms with van der Waals surface area (Å²) in [6.07, 6.45) is 1.90. The van der Waals surface area contributed by atoms with E-state index in [-0.39, 0.29) is 6.61 Å². The Morgan fingerprint density at radius 3 is 2.46 bits per heavy atom. The van der Waals surface area contributed by atoms with Gasteiger partial charge < -0.3 is 9.64 Å². The van der Waals surface area contributed by atoms with Crippen molar-refractivity contribution in [1.29, 1.82) is 5.26 Å². The fraction of sp³-hybridized carbons (Fsp3) is 0.167. The number of hydrogen-bond donors (Lipinski definition) is 0. The smallest absolute Gasteiger partial charge is 0.129 e. The summed E-state index contributed by atoms with van der Waals surface area (Å²) in [5, 5.41) is 13.4. The summed E-state index contributed by atoms with van der Waals surface area (Å²) >= 11 is 12.4. The molecule has 0 N–H and O–H groups in total. The van der Waals surface area contributed by atoms with Crippen molar-refractivity contribution in [3.05, 3.63) is 106 Å². The van der Waals surface area contributed by atoms with Gasteiger partial charge in [-0.05, 0) is 55.0 Å². The highest BCUT2D eigenvalue weighted by molar-refractivity contribution is 6.35. The van der Waals surface area contributed by atoms with Crippen LogP contribution in [0.1, 0.15) is 30.5 Å². The number of fused-ring (bicyclic) bond motifs is 1. The third-order valence-corrected chi connectivity index (χ3v) is 6.61. The minimum atomic E-state index is 0.286. The normalized spacial score (nSPS) is 11.3. The third-order valence-electron chi connectivity index (χ3n) is 6.02. The molecule has 4 aromatic rings. The summed E-state index contributed by atoms with van der Waals surface area (Å²) in [7, 11) is 0. The van der Waals surface area contributed by atoms with Crippen LogP contribution in [0, 0.1) is 11.3 Å². The summed E-state index contributed by atoms with van der Waals surface area (Å²) in [5.41, 5.74) is 4.20. The number of nitrogens with zero attached hydrogens (tertiary/aromatic N) is 2. The Kier molecular flexibility index (Phi) is 7.98. The molecule has 4 rings (SSSR count). The van der Waals surface area contributed by atoms with E-state index in [2.05, 4.69) is 43.0 Å². The van der Waals surface area contributed by atoms with Gasteiger partial charge in [0.15, 0.2) is 0 Å². The summed E-state index contributed by atoms with van der Waals surface area (Å²) in [4.78, 5) is 2.26. The van der Waals surface area contributed by atoms with Crippen molar-refractivity contribution in [1.82, 2.24) is 0 Å². The Balaban J connectivity index is 1.77. The van der Waals surface area contributed by atoms with E-state index in [1.165, 1.54) is 0 Å². The van der Waals surface area contributed by atoms with Gasteiger partial charge in [0.2, 0.25) is 0 Å². The molecule has 0 bridgehead atoms. The summed E-state index contributed by atoms with van der Waals surface area (Å²) in [6.45, 7) is 6.30. The Bertz CT molecular complexity index is 1410. The van der Waals surface area contributed by atoms with Gasteiger partial charge in [0, 0.05) is 51.6 Å². The van der Waals surface area contributed by atoms with Gasteiger partial charge in [-0.2, -0.15) is 5.26 Å². The highest BCUT2D eigenvalue weighted by atomic mass is 35.5. The van der Waals surface area contributed by atoms with Crippen LogP contribution < -0.4 is 9.64 Å². The molecule has 3 nitrogen and oxygen atoms in total. The van der Waals surface area contributed by atoms with Crippen LogP contribution in [0.15, 0.2) is 78.9 Å². The first-order valence-electron chi connectivity index (χ1n) is 11.6. The summed E-state index contributed by atoms with van der Waals surface area (Å²) < 4.78 is 6.28. The third kappa shape index (κ3) is 5.62. The predicted molar refractivity (Wildman–Crippen MR) is 148 cm³/mol. The number of benzene rings is 4. The molecule has 0 aliphatic carbocycles. The van der Waals surface area contributed by atoms with E-state index >= 15 is 0 Å². The Labute approximate surface area is 216 Å². The number of anilines is 1. The Morgan fingerprint density at radius 1 is 0.943 bits per heavy atom. The number of hydrogen-bond acceptors (Lipinski definition) is 3. The molecule has 0 saturated heterocycles. The number of allylic oxidation sites excluding steroid dienone is 1. The second-order valence-electron chi connectivity index (χ2n) is 8.12. The van der Waals surface area contributed by atoms with E-state index in [1.807, 2.05) is 54.6 Å². The van der Waals surface area contributed by atoms with Crippen molar-refractivity contribution >= 4 is 51.3 Å². The number of nitriles is 1. The van der Waals surface area contributed by atoms with Crippen molar-refractivity contribution in [3.8, 4) is 11.8 Å². The van der Waals surface area contributed by atoms with E-state index in [0.29, 0.717) is 21.4 Å². The zero-order valence-corrected chi connectivity index (χ0v) is 21.3. The van der Waals surface area contributed by atoms with Gasteiger partial charge in [0.1, 0.15) is 12.4 Å². The van der Waals surface area contributed by atoms with Crippen molar-refractivity contribution in [2.24, 2.45) is 0 Å². The minimum absolute atomic E-state index is 0.286. The van der Waals surface area contributed by atoms with Crippen molar-refractivity contribution in [2.75, 3.05) is 18.0 Å². The molecule has 5 heteroatoms. The Morgan fingerprint density at radius 2 is 1.71 bits per heavy atom. The first-order chi connectivity index (χ1) is 17.0. The maximum atomic E-state index is 10.1. The SMILES string of the molecule is CCN(CC)c1ccc(/C=C(/C#N)c2cccc3ccccc23)c(OCc2ccc(Cl)cc2Cl)c1. The van der Waals surface area contributed by atoms with Crippen LogP contribution in [-0.2, 0) is 6.61 Å². The van der Waals surface area contributed by atoms with E-state index < -0.39 is 0 Å². The topological polar surface area (TPSA) is 36.3 Å². The second kappa shape index (κ2) is 11.3. The van der Waals surface area contributed by atoms with Crippen LogP contribution in [0.4, 0.5) is 5.69 Å². The average molecular weight is 501 g/mol. The number of halogens is 2. The predicted octanol–water partition coefficient (Wildman–Crippen LogP) is 8.64. The van der Waals surface area contributed by atoms with Crippen LogP contribution in [0.2, 0.25) is 10.0 Å². The zero-order chi connectivity index (χ0) is 24.8. The van der Waals surface area contributed by atoms with Crippen molar-refractivity contribution in [3.63, 3.8) is 0 Å². The molecule has 35 heavy (non-hydrogen) atoms. The molecule has 0 radical (unpaired) electrons. The maximum absolute atomic E-state index is 10.1. The highest BCUT2D eigenvalue weighted by Gasteiger charge is 2.12. The largest absolute Gasteiger partial charge is 0.488 e. The number of ether oxygens (including phenoxy) is 1.